The molecular weight excluding hydrogens is 576 g/mol. The number of benzene rings is 2. The van der Waals surface area contributed by atoms with E-state index in [9.17, 15) is 14.3 Å². The lowest BCUT2D eigenvalue weighted by Gasteiger charge is -2.35. The highest BCUT2D eigenvalue weighted by molar-refractivity contribution is 7.22. The molecule has 9 nitrogen and oxygen atoms in total. The summed E-state index contributed by atoms with van der Waals surface area (Å²) >= 11 is 2.90. The zero-order chi connectivity index (χ0) is 29.2. The molecule has 0 fully saturated rings. The largest absolute Gasteiger partial charge is 0.491 e. The number of nitrogens with one attached hydrogen (secondary N) is 1. The molecule has 1 aliphatic heterocycles. The van der Waals surface area contributed by atoms with Crippen LogP contribution < -0.4 is 15.0 Å². The molecular formula is C30H29FN6O3S2. The van der Waals surface area contributed by atoms with Crippen LogP contribution in [0.4, 0.5) is 26.3 Å². The summed E-state index contributed by atoms with van der Waals surface area (Å²) in [6.45, 7) is 5.29. The summed E-state index contributed by atoms with van der Waals surface area (Å²) in [6.07, 6.45) is 1.78. The van der Waals surface area contributed by atoms with E-state index in [0.29, 0.717) is 52.9 Å². The summed E-state index contributed by atoms with van der Waals surface area (Å²) in [5.41, 5.74) is 1.97. The third-order valence-electron chi connectivity index (χ3n) is 7.24. The number of rotatable bonds is 10. The van der Waals surface area contributed by atoms with E-state index in [2.05, 4.69) is 39.3 Å². The van der Waals surface area contributed by atoms with Gasteiger partial charge >= 0.3 is 5.97 Å². The Bertz CT molecular complexity index is 1710. The SMILES string of the molecule is CC(C)C1Cc2cc(Nc3nc4ccccc4s3)nnc2N(c2nc(C(=O)O)c(CCCOc3ccccc3F)s2)C1. The van der Waals surface area contributed by atoms with Crippen molar-refractivity contribution in [1.29, 1.82) is 0 Å². The average Bonchev–Trinajstić information content (AvgIpc) is 3.59. The number of aryl methyl sites for hydroxylation is 1. The van der Waals surface area contributed by atoms with E-state index in [-0.39, 0.29) is 18.1 Å². The molecule has 0 aliphatic carbocycles. The minimum absolute atomic E-state index is 0.0243. The van der Waals surface area contributed by atoms with Gasteiger partial charge in [-0.05, 0) is 61.4 Å². The predicted octanol–water partition coefficient (Wildman–Crippen LogP) is 7.10. The summed E-state index contributed by atoms with van der Waals surface area (Å²) in [5, 5.41) is 23.6. The number of aromatic carboxylic acids is 1. The summed E-state index contributed by atoms with van der Waals surface area (Å²) in [5.74, 6) is 0.671. The van der Waals surface area contributed by atoms with Crippen molar-refractivity contribution in [2.75, 3.05) is 23.4 Å². The van der Waals surface area contributed by atoms with Crippen molar-refractivity contribution in [1.82, 2.24) is 20.2 Å². The minimum atomic E-state index is -1.08. The van der Waals surface area contributed by atoms with Crippen LogP contribution in [0.3, 0.4) is 0 Å². The smallest absolute Gasteiger partial charge is 0.355 e. The lowest BCUT2D eigenvalue weighted by atomic mass is 9.86. The maximum absolute atomic E-state index is 13.9. The molecule has 2 aromatic carbocycles. The van der Waals surface area contributed by atoms with Crippen LogP contribution in [0, 0.1) is 17.7 Å². The van der Waals surface area contributed by atoms with Crippen molar-refractivity contribution in [3.8, 4) is 5.75 Å². The molecule has 42 heavy (non-hydrogen) atoms. The van der Waals surface area contributed by atoms with Gasteiger partial charge in [0.1, 0.15) is 0 Å². The first-order chi connectivity index (χ1) is 20.4. The van der Waals surface area contributed by atoms with Crippen LogP contribution in [0.5, 0.6) is 5.75 Å². The lowest BCUT2D eigenvalue weighted by molar-refractivity contribution is 0.0690. The third-order valence-corrected chi connectivity index (χ3v) is 9.33. The number of fused-ring (bicyclic) bond motifs is 2. The number of nitrogens with zero attached hydrogens (tertiary/aromatic N) is 5. The normalized spacial score (nSPS) is 14.8. The van der Waals surface area contributed by atoms with Crippen LogP contribution in [0.1, 0.15) is 41.2 Å². The molecule has 4 heterocycles. The van der Waals surface area contributed by atoms with Gasteiger partial charge in [0.25, 0.3) is 0 Å². The molecule has 0 bridgehead atoms. The van der Waals surface area contributed by atoms with Crippen LogP contribution in [0.15, 0.2) is 54.6 Å². The standard InChI is InChI=1S/C30H29FN6O3S2/c1-17(2)19-14-18-15-25(33-29-32-21-9-4-6-11-23(21)41-29)35-36-27(18)37(16-19)30-34-26(28(38)39)24(42-30)12-7-13-40-22-10-5-3-8-20(22)31/h3-6,8-11,15,17,19H,7,12-14,16H2,1-2H3,(H,38,39)(H,32,33,35). The fraction of sp³-hybridized carbons (Fsp3) is 0.300. The fourth-order valence-corrected chi connectivity index (χ4v) is 6.93. The lowest BCUT2D eigenvalue weighted by Crippen LogP contribution is -2.35. The van der Waals surface area contributed by atoms with E-state index < -0.39 is 11.8 Å². The van der Waals surface area contributed by atoms with Gasteiger partial charge in [0.05, 0.1) is 16.8 Å². The number of hydrogen-bond acceptors (Lipinski definition) is 10. The molecule has 5 aromatic rings. The zero-order valence-electron chi connectivity index (χ0n) is 23.1. The molecule has 0 saturated heterocycles. The van der Waals surface area contributed by atoms with Gasteiger partial charge in [0.2, 0.25) is 0 Å². The van der Waals surface area contributed by atoms with Gasteiger partial charge < -0.3 is 20.1 Å². The Kier molecular flexibility index (Phi) is 7.98. The highest BCUT2D eigenvalue weighted by Gasteiger charge is 2.32. The number of para-hydroxylation sites is 2. The summed E-state index contributed by atoms with van der Waals surface area (Å²) < 4.78 is 20.5. The Morgan fingerprint density at radius 1 is 1.14 bits per heavy atom. The Labute approximate surface area is 250 Å². The van der Waals surface area contributed by atoms with Crippen molar-refractivity contribution < 1.29 is 19.0 Å². The molecule has 0 radical (unpaired) electrons. The number of ether oxygens (including phenoxy) is 1. The first-order valence-electron chi connectivity index (χ1n) is 13.7. The van der Waals surface area contributed by atoms with E-state index in [1.807, 2.05) is 35.2 Å². The number of anilines is 4. The predicted molar refractivity (Wildman–Crippen MR) is 163 cm³/mol. The minimum Gasteiger partial charge on any atom is -0.491 e. The molecule has 1 unspecified atom stereocenters. The van der Waals surface area contributed by atoms with Gasteiger partial charge in [-0.25, -0.2) is 19.2 Å². The van der Waals surface area contributed by atoms with Crippen LogP contribution in [-0.2, 0) is 12.8 Å². The summed E-state index contributed by atoms with van der Waals surface area (Å²) in [7, 11) is 0. The van der Waals surface area contributed by atoms with Crippen molar-refractivity contribution >= 4 is 60.8 Å². The van der Waals surface area contributed by atoms with Crippen LogP contribution in [0.25, 0.3) is 10.2 Å². The third kappa shape index (κ3) is 5.90. The summed E-state index contributed by atoms with van der Waals surface area (Å²) in [4.78, 5) is 23.9. The number of hydrogen-bond donors (Lipinski definition) is 2. The molecule has 0 saturated carbocycles. The van der Waals surface area contributed by atoms with Gasteiger partial charge in [0.15, 0.2) is 39.2 Å². The molecule has 2 N–H and O–H groups in total. The quantitative estimate of drug-likeness (QED) is 0.161. The van der Waals surface area contributed by atoms with E-state index in [1.165, 1.54) is 17.4 Å². The monoisotopic (exact) mass is 604 g/mol. The zero-order valence-corrected chi connectivity index (χ0v) is 24.7. The van der Waals surface area contributed by atoms with E-state index >= 15 is 0 Å². The number of carboxylic acids is 1. The number of thiazole rings is 2. The molecule has 0 spiro atoms. The Balaban J connectivity index is 1.23. The molecule has 0 amide bonds. The number of halogens is 1. The van der Waals surface area contributed by atoms with Gasteiger partial charge in [0, 0.05) is 17.0 Å². The second kappa shape index (κ2) is 12.0. The van der Waals surface area contributed by atoms with Crippen molar-refractivity contribution in [3.63, 3.8) is 0 Å². The van der Waals surface area contributed by atoms with Crippen molar-refractivity contribution in [2.24, 2.45) is 11.8 Å². The van der Waals surface area contributed by atoms with Gasteiger partial charge in [-0.1, -0.05) is 49.4 Å². The molecule has 216 valence electrons. The van der Waals surface area contributed by atoms with Crippen LogP contribution >= 0.6 is 22.7 Å². The molecule has 1 aliphatic rings. The average molecular weight is 605 g/mol. The first-order valence-corrected chi connectivity index (χ1v) is 15.4. The second-order valence-corrected chi connectivity index (χ2v) is 12.6. The Morgan fingerprint density at radius 3 is 2.74 bits per heavy atom. The molecule has 6 rings (SSSR count). The van der Waals surface area contributed by atoms with Gasteiger partial charge in [-0.15, -0.1) is 21.5 Å². The maximum atomic E-state index is 13.9. The van der Waals surface area contributed by atoms with E-state index in [4.69, 9.17) is 4.74 Å². The maximum Gasteiger partial charge on any atom is 0.355 e. The topological polar surface area (TPSA) is 113 Å². The van der Waals surface area contributed by atoms with Crippen molar-refractivity contribution in [2.45, 2.75) is 33.1 Å². The second-order valence-electron chi connectivity index (χ2n) is 10.5. The fourth-order valence-electron chi connectivity index (χ4n) is 4.95. The van der Waals surface area contributed by atoms with Crippen LogP contribution in [-0.4, -0.2) is 44.4 Å². The highest BCUT2D eigenvalue weighted by Crippen LogP contribution is 2.40. The molecule has 3 aromatic heterocycles. The number of aromatic nitrogens is 4. The van der Waals surface area contributed by atoms with Crippen LogP contribution in [0.2, 0.25) is 0 Å². The summed E-state index contributed by atoms with van der Waals surface area (Å²) in [6, 6.07) is 16.2. The Hall–Kier alpha value is -4.16. The Morgan fingerprint density at radius 2 is 1.95 bits per heavy atom. The van der Waals surface area contributed by atoms with Gasteiger partial charge in [-0.3, -0.25) is 0 Å². The van der Waals surface area contributed by atoms with Gasteiger partial charge in [-0.2, -0.15) is 0 Å². The highest BCUT2D eigenvalue weighted by atomic mass is 32.1. The van der Waals surface area contributed by atoms with Crippen molar-refractivity contribution in [3.05, 3.63) is 76.5 Å². The number of carbonyl (C=O) groups is 1. The first kappa shape index (κ1) is 28.0. The molecule has 12 heteroatoms. The van der Waals surface area contributed by atoms with E-state index in [0.717, 1.165) is 27.3 Å². The molecule has 1 atom stereocenters. The van der Waals surface area contributed by atoms with E-state index in [1.54, 1.807) is 29.5 Å². The number of carboxylic acid groups (broad SMARTS) is 1.